The molecule has 0 aromatic rings. The van der Waals surface area contributed by atoms with E-state index >= 15 is 0 Å². The molecular weight excluding hydrogens is 378 g/mol. The summed E-state index contributed by atoms with van der Waals surface area (Å²) in [5, 5.41) is 0. The van der Waals surface area contributed by atoms with Gasteiger partial charge < -0.3 is 4.55 Å². The molecule has 0 unspecified atom stereocenters. The zero-order valence-electron chi connectivity index (χ0n) is 11.5. The van der Waals surface area contributed by atoms with Gasteiger partial charge in [-0.1, -0.05) is 64.7 Å². The molecule has 0 spiro atoms. The largest absolute Gasteiger partial charge is 2.00 e. The Balaban J connectivity index is 0. The van der Waals surface area contributed by atoms with Crippen LogP contribution in [0.1, 0.15) is 71.1 Å². The summed E-state index contributed by atoms with van der Waals surface area (Å²) in [5.74, 6) is 0. The predicted octanol–water partition coefficient (Wildman–Crippen LogP) is 3.00. The zero-order valence-corrected chi connectivity index (χ0v) is 16.8. The van der Waals surface area contributed by atoms with E-state index in [1.165, 1.54) is 44.9 Å². The van der Waals surface area contributed by atoms with E-state index in [0.29, 0.717) is 6.42 Å². The second-order valence-electron chi connectivity index (χ2n) is 4.41. The summed E-state index contributed by atoms with van der Waals surface area (Å²) in [7, 11) is -4.48. The van der Waals surface area contributed by atoms with E-state index in [0.717, 1.165) is 12.8 Å². The van der Waals surface area contributed by atoms with Crippen molar-refractivity contribution in [1.29, 1.82) is 0 Å². The van der Waals surface area contributed by atoms with Crippen LogP contribution in [0.4, 0.5) is 0 Å². The molecule has 0 rings (SSSR count). The van der Waals surface area contributed by atoms with Gasteiger partial charge in [-0.15, -0.1) is 0 Å². The molecule has 0 aliphatic rings. The Morgan fingerprint density at radius 1 is 0.833 bits per heavy atom. The average Bonchev–Trinajstić information content (AvgIpc) is 2.24. The normalized spacial score (nSPS) is 11.2. The Bertz CT molecular complexity index is 255. The van der Waals surface area contributed by atoms with Crippen molar-refractivity contribution in [3.63, 3.8) is 0 Å². The molecule has 0 radical (unpaired) electrons. The monoisotopic (exact) mass is 403 g/mol. The number of hydrogen-bond donors (Lipinski definition) is 0. The van der Waals surface area contributed by atoms with Gasteiger partial charge in [-0.25, -0.2) is 8.42 Å². The van der Waals surface area contributed by atoms with Crippen molar-refractivity contribution in [3.8, 4) is 0 Å². The summed E-state index contributed by atoms with van der Waals surface area (Å²) >= 11 is 0. The Labute approximate surface area is 152 Å². The molecule has 0 amide bonds. The fourth-order valence-corrected chi connectivity index (χ4v) is 2.07. The van der Waals surface area contributed by atoms with E-state index in [9.17, 15) is 13.0 Å². The molecule has 4 nitrogen and oxygen atoms in total. The van der Waals surface area contributed by atoms with Crippen molar-refractivity contribution >= 4 is 59.3 Å². The Kier molecular flexibility index (Phi) is 17.9. The standard InChI is InChI=1S/C12H26O4S.Ba/c1-2-3-4-5-6-7-8-9-10-11-12-16-17(13,14)15;/h2-12H2,1H3,(H,13,14,15);/q;+2/p-1. The van der Waals surface area contributed by atoms with E-state index in [4.69, 9.17) is 0 Å². The second-order valence-corrected chi connectivity index (χ2v) is 5.46. The molecule has 0 aliphatic carbocycles. The van der Waals surface area contributed by atoms with E-state index < -0.39 is 10.4 Å². The molecule has 0 fully saturated rings. The maximum Gasteiger partial charge on any atom is 2.00 e. The van der Waals surface area contributed by atoms with Gasteiger partial charge in [0.2, 0.25) is 10.4 Å². The molecule has 0 atom stereocenters. The van der Waals surface area contributed by atoms with Crippen LogP contribution in [0.25, 0.3) is 0 Å². The van der Waals surface area contributed by atoms with Gasteiger partial charge in [-0.05, 0) is 6.42 Å². The van der Waals surface area contributed by atoms with Crippen LogP contribution in [-0.2, 0) is 14.6 Å². The van der Waals surface area contributed by atoms with Crippen molar-refractivity contribution in [3.05, 3.63) is 0 Å². The van der Waals surface area contributed by atoms with Crippen LogP contribution in [0.15, 0.2) is 0 Å². The zero-order chi connectivity index (χ0) is 13.0. The maximum atomic E-state index is 10.1. The van der Waals surface area contributed by atoms with Gasteiger partial charge in [0.1, 0.15) is 0 Å². The van der Waals surface area contributed by atoms with Crippen LogP contribution in [0, 0.1) is 0 Å². The van der Waals surface area contributed by atoms with Crippen LogP contribution in [0.2, 0.25) is 0 Å². The van der Waals surface area contributed by atoms with Gasteiger partial charge >= 0.3 is 48.9 Å². The van der Waals surface area contributed by atoms with E-state index in [-0.39, 0.29) is 55.5 Å². The summed E-state index contributed by atoms with van der Waals surface area (Å²) in [4.78, 5) is 0. The molecule has 0 heterocycles. The van der Waals surface area contributed by atoms with Crippen LogP contribution in [0.5, 0.6) is 0 Å². The minimum Gasteiger partial charge on any atom is -0.726 e. The molecule has 0 saturated heterocycles. The predicted molar refractivity (Wildman–Crippen MR) is 73.2 cm³/mol. The first-order chi connectivity index (χ1) is 8.06. The van der Waals surface area contributed by atoms with Crippen molar-refractivity contribution in [1.82, 2.24) is 0 Å². The molecule has 18 heavy (non-hydrogen) atoms. The van der Waals surface area contributed by atoms with E-state index in [1.807, 2.05) is 0 Å². The first-order valence-electron chi connectivity index (χ1n) is 6.66. The van der Waals surface area contributed by atoms with Gasteiger partial charge in [0.25, 0.3) is 0 Å². The fourth-order valence-electron chi connectivity index (χ4n) is 1.75. The summed E-state index contributed by atoms with van der Waals surface area (Å²) in [6.45, 7) is 2.24. The summed E-state index contributed by atoms with van der Waals surface area (Å²) in [6, 6.07) is 0. The fraction of sp³-hybridized carbons (Fsp3) is 1.00. The second kappa shape index (κ2) is 14.8. The van der Waals surface area contributed by atoms with Crippen LogP contribution >= 0.6 is 0 Å². The topological polar surface area (TPSA) is 66.4 Å². The number of rotatable bonds is 12. The quantitative estimate of drug-likeness (QED) is 0.218. The molecule has 0 saturated carbocycles. The molecule has 6 heteroatoms. The first kappa shape index (κ1) is 21.7. The van der Waals surface area contributed by atoms with E-state index in [2.05, 4.69) is 11.1 Å². The minimum absolute atomic E-state index is 0. The molecule has 0 N–H and O–H groups in total. The third-order valence-corrected chi connectivity index (χ3v) is 3.18. The maximum absolute atomic E-state index is 10.1. The minimum atomic E-state index is -4.48. The Morgan fingerprint density at radius 2 is 1.22 bits per heavy atom. The third-order valence-electron chi connectivity index (χ3n) is 2.73. The molecule has 0 aromatic carbocycles. The Morgan fingerprint density at radius 3 is 1.61 bits per heavy atom. The van der Waals surface area contributed by atoms with Crippen molar-refractivity contribution < 1.29 is 17.2 Å². The summed E-state index contributed by atoms with van der Waals surface area (Å²) in [5.41, 5.74) is 0. The molecular formula is C12H25BaO4S+. The van der Waals surface area contributed by atoms with Gasteiger partial charge in [-0.3, -0.25) is 4.18 Å². The van der Waals surface area contributed by atoms with E-state index in [1.54, 1.807) is 0 Å². The van der Waals surface area contributed by atoms with Crippen LogP contribution in [-0.4, -0.2) is 68.5 Å². The first-order valence-corrected chi connectivity index (χ1v) is 8.00. The Hall–Kier alpha value is 1.44. The third kappa shape index (κ3) is 19.8. The van der Waals surface area contributed by atoms with Crippen molar-refractivity contribution in [2.75, 3.05) is 6.61 Å². The smallest absolute Gasteiger partial charge is 0.726 e. The molecule has 0 aromatic heterocycles. The number of unbranched alkanes of at least 4 members (excludes halogenated alkanes) is 9. The van der Waals surface area contributed by atoms with Gasteiger partial charge in [-0.2, -0.15) is 0 Å². The van der Waals surface area contributed by atoms with Crippen molar-refractivity contribution in [2.45, 2.75) is 71.1 Å². The van der Waals surface area contributed by atoms with Crippen LogP contribution in [0.3, 0.4) is 0 Å². The molecule has 104 valence electrons. The SMILES string of the molecule is CCCCCCCCCCCCOS(=O)(=O)[O-].[Ba+2]. The van der Waals surface area contributed by atoms with Gasteiger partial charge in [0.15, 0.2) is 0 Å². The van der Waals surface area contributed by atoms with Crippen molar-refractivity contribution in [2.24, 2.45) is 0 Å². The summed E-state index contributed by atoms with van der Waals surface area (Å²) < 4.78 is 34.5. The number of hydrogen-bond acceptors (Lipinski definition) is 4. The molecule has 0 bridgehead atoms. The summed E-state index contributed by atoms with van der Waals surface area (Å²) in [6.07, 6.45) is 11.7. The van der Waals surface area contributed by atoms with Gasteiger partial charge in [0.05, 0.1) is 6.61 Å². The van der Waals surface area contributed by atoms with Gasteiger partial charge in [0, 0.05) is 0 Å². The van der Waals surface area contributed by atoms with Crippen LogP contribution < -0.4 is 0 Å². The average molecular weight is 403 g/mol. The molecule has 0 aliphatic heterocycles.